The molecule has 0 saturated heterocycles. The summed E-state index contributed by atoms with van der Waals surface area (Å²) in [6.07, 6.45) is 4.99. The van der Waals surface area contributed by atoms with Crippen LogP contribution in [0.3, 0.4) is 0 Å². The highest BCUT2D eigenvalue weighted by molar-refractivity contribution is 5.53. The average Bonchev–Trinajstić information content (AvgIpc) is 2.61. The van der Waals surface area contributed by atoms with Crippen molar-refractivity contribution >= 4 is 0 Å². The maximum atomic E-state index is 4.29. The number of aromatic nitrogens is 1. The third-order valence-electron chi connectivity index (χ3n) is 4.21. The molecule has 17 heavy (non-hydrogen) atoms. The van der Waals surface area contributed by atoms with Crippen LogP contribution in [0.2, 0.25) is 0 Å². The van der Waals surface area contributed by atoms with Gasteiger partial charge in [-0.05, 0) is 41.7 Å². The van der Waals surface area contributed by atoms with Gasteiger partial charge in [0, 0.05) is 18.4 Å². The maximum absolute atomic E-state index is 4.29. The zero-order valence-electron chi connectivity index (χ0n) is 9.77. The number of benzene rings is 1. The highest BCUT2D eigenvalue weighted by atomic mass is 15.1. The molecule has 0 aliphatic carbocycles. The van der Waals surface area contributed by atoms with Crippen LogP contribution in [0.25, 0.3) is 0 Å². The second-order valence-corrected chi connectivity index (χ2v) is 5.15. The quantitative estimate of drug-likeness (QED) is 0.741. The van der Waals surface area contributed by atoms with Crippen LogP contribution in [0.15, 0.2) is 42.7 Å². The van der Waals surface area contributed by atoms with E-state index in [1.54, 1.807) is 0 Å². The highest BCUT2D eigenvalue weighted by Gasteiger charge is 2.45. The minimum Gasteiger partial charge on any atom is -0.297 e. The van der Waals surface area contributed by atoms with Crippen LogP contribution in [-0.4, -0.2) is 4.98 Å². The summed E-state index contributed by atoms with van der Waals surface area (Å²) in [5.41, 5.74) is 5.58. The van der Waals surface area contributed by atoms with E-state index in [2.05, 4.69) is 47.6 Å². The van der Waals surface area contributed by atoms with E-state index in [1.165, 1.54) is 22.3 Å². The Labute approximate surface area is 101 Å². The number of nitrogens with one attached hydrogen (secondary N) is 1. The molecule has 1 aromatic carbocycles. The zero-order valence-corrected chi connectivity index (χ0v) is 9.77. The number of pyridine rings is 1. The Morgan fingerprint density at radius 1 is 1.24 bits per heavy atom. The summed E-state index contributed by atoms with van der Waals surface area (Å²) in [7, 11) is 0. The van der Waals surface area contributed by atoms with Gasteiger partial charge in [0.2, 0.25) is 0 Å². The summed E-state index contributed by atoms with van der Waals surface area (Å²) < 4.78 is 0. The molecule has 0 amide bonds. The van der Waals surface area contributed by atoms with E-state index in [-0.39, 0.29) is 5.54 Å². The molecular formula is C15H14N2. The molecule has 0 fully saturated rings. The summed E-state index contributed by atoms with van der Waals surface area (Å²) in [6, 6.07) is 11.4. The Balaban J connectivity index is 2.05. The van der Waals surface area contributed by atoms with Crippen molar-refractivity contribution in [3.63, 3.8) is 0 Å². The zero-order chi connectivity index (χ0) is 11.5. The third-order valence-corrected chi connectivity index (χ3v) is 4.21. The fourth-order valence-corrected chi connectivity index (χ4v) is 3.42. The topological polar surface area (TPSA) is 24.9 Å². The molecule has 2 aromatic rings. The van der Waals surface area contributed by atoms with Gasteiger partial charge in [0.25, 0.3) is 0 Å². The van der Waals surface area contributed by atoms with Crippen LogP contribution in [0, 0.1) is 0 Å². The fourth-order valence-electron chi connectivity index (χ4n) is 3.42. The summed E-state index contributed by atoms with van der Waals surface area (Å²) in [4.78, 5) is 4.29. The standard InChI is InChI=1S/C15H14N2/c1-15-12-5-3-2-4-11(12)14(17-15)8-10-6-7-16-9-13(10)15/h2-7,9,14,17H,8H2,1H3/t14-,15-/m1/s1. The predicted octanol–water partition coefficient (Wildman–Crippen LogP) is 2.55. The van der Waals surface area contributed by atoms with Gasteiger partial charge in [-0.2, -0.15) is 0 Å². The number of fused-ring (bicyclic) bond motifs is 7. The van der Waals surface area contributed by atoms with Crippen molar-refractivity contribution in [1.82, 2.24) is 10.3 Å². The molecule has 0 saturated carbocycles. The van der Waals surface area contributed by atoms with Gasteiger partial charge in [-0.1, -0.05) is 24.3 Å². The van der Waals surface area contributed by atoms with Gasteiger partial charge < -0.3 is 0 Å². The first-order valence-corrected chi connectivity index (χ1v) is 6.09. The molecular weight excluding hydrogens is 208 g/mol. The molecule has 0 unspecified atom stereocenters. The molecule has 2 aliphatic rings. The van der Waals surface area contributed by atoms with Gasteiger partial charge in [0.15, 0.2) is 0 Å². The third kappa shape index (κ3) is 1.06. The van der Waals surface area contributed by atoms with Gasteiger partial charge in [-0.15, -0.1) is 0 Å². The molecule has 4 rings (SSSR count). The van der Waals surface area contributed by atoms with E-state index in [4.69, 9.17) is 0 Å². The maximum Gasteiger partial charge on any atom is 0.0687 e. The molecule has 2 atom stereocenters. The number of rotatable bonds is 0. The monoisotopic (exact) mass is 222 g/mol. The molecule has 3 heterocycles. The number of nitrogens with zero attached hydrogens (tertiary/aromatic N) is 1. The van der Waals surface area contributed by atoms with Crippen molar-refractivity contribution < 1.29 is 0 Å². The van der Waals surface area contributed by atoms with Gasteiger partial charge >= 0.3 is 0 Å². The molecule has 0 radical (unpaired) electrons. The molecule has 84 valence electrons. The van der Waals surface area contributed by atoms with E-state index in [9.17, 15) is 0 Å². The Morgan fingerprint density at radius 3 is 3.06 bits per heavy atom. The summed E-state index contributed by atoms with van der Waals surface area (Å²) in [5.74, 6) is 0. The van der Waals surface area contributed by atoms with E-state index in [0.717, 1.165) is 6.42 Å². The lowest BCUT2D eigenvalue weighted by Crippen LogP contribution is -2.41. The first-order valence-electron chi connectivity index (χ1n) is 6.09. The van der Waals surface area contributed by atoms with Crippen LogP contribution in [0.1, 0.15) is 35.2 Å². The molecule has 2 aliphatic heterocycles. The minimum absolute atomic E-state index is 0.0525. The molecule has 2 nitrogen and oxygen atoms in total. The van der Waals surface area contributed by atoms with Gasteiger partial charge in [-0.25, -0.2) is 0 Å². The lowest BCUT2D eigenvalue weighted by Gasteiger charge is -2.34. The lowest BCUT2D eigenvalue weighted by molar-refractivity contribution is 0.387. The van der Waals surface area contributed by atoms with Crippen molar-refractivity contribution in [3.05, 3.63) is 65.0 Å². The van der Waals surface area contributed by atoms with Crippen LogP contribution < -0.4 is 5.32 Å². The van der Waals surface area contributed by atoms with E-state index >= 15 is 0 Å². The van der Waals surface area contributed by atoms with E-state index < -0.39 is 0 Å². The largest absolute Gasteiger partial charge is 0.297 e. The van der Waals surface area contributed by atoms with E-state index in [1.807, 2.05) is 12.4 Å². The minimum atomic E-state index is -0.0525. The molecule has 2 heteroatoms. The van der Waals surface area contributed by atoms with Crippen molar-refractivity contribution in [2.45, 2.75) is 24.9 Å². The van der Waals surface area contributed by atoms with Crippen LogP contribution >= 0.6 is 0 Å². The van der Waals surface area contributed by atoms with Crippen LogP contribution in [0.4, 0.5) is 0 Å². The second kappa shape index (κ2) is 2.96. The number of hydrogen-bond donors (Lipinski definition) is 1. The average molecular weight is 222 g/mol. The fraction of sp³-hybridized carbons (Fsp3) is 0.267. The molecule has 2 bridgehead atoms. The second-order valence-electron chi connectivity index (χ2n) is 5.15. The van der Waals surface area contributed by atoms with Crippen molar-refractivity contribution in [1.29, 1.82) is 0 Å². The van der Waals surface area contributed by atoms with Crippen molar-refractivity contribution in [2.24, 2.45) is 0 Å². The molecule has 1 N–H and O–H groups in total. The lowest BCUT2D eigenvalue weighted by atomic mass is 9.83. The van der Waals surface area contributed by atoms with Crippen LogP contribution in [-0.2, 0) is 12.0 Å². The van der Waals surface area contributed by atoms with Gasteiger partial charge in [0.1, 0.15) is 0 Å². The smallest absolute Gasteiger partial charge is 0.0687 e. The molecule has 1 aromatic heterocycles. The molecule has 0 spiro atoms. The normalized spacial score (nSPS) is 28.6. The summed E-state index contributed by atoms with van der Waals surface area (Å²) in [6.45, 7) is 2.27. The van der Waals surface area contributed by atoms with Gasteiger partial charge in [0.05, 0.1) is 5.54 Å². The number of hydrogen-bond acceptors (Lipinski definition) is 2. The predicted molar refractivity (Wildman–Crippen MR) is 66.7 cm³/mol. The Hall–Kier alpha value is -1.67. The summed E-state index contributed by atoms with van der Waals surface area (Å²) >= 11 is 0. The first kappa shape index (κ1) is 9.37. The summed E-state index contributed by atoms with van der Waals surface area (Å²) in [5, 5.41) is 3.75. The Kier molecular flexibility index (Phi) is 1.63. The highest BCUT2D eigenvalue weighted by Crippen LogP contribution is 2.47. The Morgan fingerprint density at radius 2 is 2.12 bits per heavy atom. The van der Waals surface area contributed by atoms with Crippen molar-refractivity contribution in [2.75, 3.05) is 0 Å². The van der Waals surface area contributed by atoms with Crippen LogP contribution in [0.5, 0.6) is 0 Å². The first-order chi connectivity index (χ1) is 8.29. The van der Waals surface area contributed by atoms with E-state index in [0.29, 0.717) is 6.04 Å². The van der Waals surface area contributed by atoms with Gasteiger partial charge in [-0.3, -0.25) is 10.3 Å². The Bertz CT molecular complexity index is 592. The SMILES string of the molecule is C[C@]12N[C@H](Cc3ccncc31)c1ccccc12. The van der Waals surface area contributed by atoms with Crippen molar-refractivity contribution in [3.8, 4) is 0 Å².